The van der Waals surface area contributed by atoms with Crippen molar-refractivity contribution in [2.75, 3.05) is 5.32 Å². The fourth-order valence-corrected chi connectivity index (χ4v) is 1.35. The molecule has 1 amide bonds. The second-order valence-corrected chi connectivity index (χ2v) is 4.02. The van der Waals surface area contributed by atoms with Gasteiger partial charge in [0.2, 0.25) is 11.9 Å². The summed E-state index contributed by atoms with van der Waals surface area (Å²) in [7, 11) is 0. The quantitative estimate of drug-likeness (QED) is 0.737. The molecule has 1 heterocycles. The minimum Gasteiger partial charge on any atom is -0.379 e. The van der Waals surface area contributed by atoms with Crippen molar-refractivity contribution in [3.63, 3.8) is 0 Å². The second kappa shape index (κ2) is 4.25. The molecule has 15 heavy (non-hydrogen) atoms. The number of halogens is 1. The van der Waals surface area contributed by atoms with Crippen molar-refractivity contribution in [3.8, 4) is 0 Å². The minimum absolute atomic E-state index is 0.178. The zero-order valence-corrected chi connectivity index (χ0v) is 8.75. The minimum atomic E-state index is -0.560. The molecule has 82 valence electrons. The number of nitrogens with two attached hydrogens (primary N) is 1. The molecule has 0 saturated carbocycles. The molecule has 1 aromatic heterocycles. The summed E-state index contributed by atoms with van der Waals surface area (Å²) in [5.41, 5.74) is 5.17. The van der Waals surface area contributed by atoms with E-state index in [-0.39, 0.29) is 6.42 Å². The zero-order chi connectivity index (χ0) is 11.5. The van der Waals surface area contributed by atoms with E-state index in [2.05, 4.69) is 10.3 Å². The largest absolute Gasteiger partial charge is 0.379 e. The molecule has 0 radical (unpaired) electrons. The summed E-state index contributed by atoms with van der Waals surface area (Å²) in [5.74, 6) is -0.961. The Balaban J connectivity index is 2.72. The van der Waals surface area contributed by atoms with Gasteiger partial charge >= 0.3 is 0 Å². The van der Waals surface area contributed by atoms with Gasteiger partial charge in [-0.3, -0.25) is 4.79 Å². The number of aromatic nitrogens is 1. The molecule has 0 saturated heterocycles. The summed E-state index contributed by atoms with van der Waals surface area (Å²) in [6.45, 7) is 3.63. The first-order valence-corrected chi connectivity index (χ1v) is 4.57. The monoisotopic (exact) mass is 211 g/mol. The number of nitrogens with one attached hydrogen (secondary N) is 1. The molecule has 0 unspecified atom stereocenters. The summed E-state index contributed by atoms with van der Waals surface area (Å²) in [4.78, 5) is 14.2. The van der Waals surface area contributed by atoms with E-state index in [1.807, 2.05) is 13.8 Å². The van der Waals surface area contributed by atoms with E-state index in [0.29, 0.717) is 5.69 Å². The van der Waals surface area contributed by atoms with E-state index in [1.54, 1.807) is 6.07 Å². The molecule has 0 fully saturated rings. The maximum atomic E-state index is 12.8. The molecule has 0 aliphatic rings. The Kier molecular flexibility index (Phi) is 3.24. The average Bonchev–Trinajstić information content (AvgIpc) is 1.99. The van der Waals surface area contributed by atoms with Crippen LogP contribution in [0.25, 0.3) is 0 Å². The lowest BCUT2D eigenvalue weighted by Gasteiger charge is -2.25. The normalized spacial score (nSPS) is 11.1. The molecule has 5 heteroatoms. The number of rotatable bonds is 4. The number of anilines is 1. The summed E-state index contributed by atoms with van der Waals surface area (Å²) in [6.07, 6.45) is 1.54. The van der Waals surface area contributed by atoms with Crippen molar-refractivity contribution in [2.24, 2.45) is 5.73 Å². The number of hydrogen-bond donors (Lipinski definition) is 2. The molecular weight excluding hydrogens is 197 g/mol. The predicted molar refractivity (Wildman–Crippen MR) is 55.7 cm³/mol. The van der Waals surface area contributed by atoms with Gasteiger partial charge in [-0.1, -0.05) is 0 Å². The number of carbonyl (C=O) groups is 1. The highest BCUT2D eigenvalue weighted by atomic mass is 19.1. The van der Waals surface area contributed by atoms with Gasteiger partial charge in [0, 0.05) is 29.9 Å². The molecule has 0 aliphatic carbocycles. The molecule has 0 spiro atoms. The van der Waals surface area contributed by atoms with Crippen molar-refractivity contribution in [1.82, 2.24) is 4.98 Å². The van der Waals surface area contributed by atoms with E-state index in [9.17, 15) is 9.18 Å². The molecule has 1 rings (SSSR count). The van der Waals surface area contributed by atoms with Crippen LogP contribution in [-0.2, 0) is 4.79 Å². The van der Waals surface area contributed by atoms with E-state index >= 15 is 0 Å². The third kappa shape index (κ3) is 3.93. The van der Waals surface area contributed by atoms with Crippen molar-refractivity contribution >= 4 is 11.6 Å². The summed E-state index contributed by atoms with van der Waals surface area (Å²) in [6, 6.07) is 2.90. The van der Waals surface area contributed by atoms with Crippen LogP contribution in [0.4, 0.5) is 10.1 Å². The third-order valence-corrected chi connectivity index (χ3v) is 1.83. The molecule has 0 aromatic carbocycles. The van der Waals surface area contributed by atoms with Gasteiger partial charge in [-0.2, -0.15) is 4.39 Å². The lowest BCUT2D eigenvalue weighted by molar-refractivity contribution is -0.118. The molecule has 1 aromatic rings. The Labute approximate surface area is 87.7 Å². The van der Waals surface area contributed by atoms with Crippen LogP contribution in [0.15, 0.2) is 18.3 Å². The number of pyridine rings is 1. The average molecular weight is 211 g/mol. The number of nitrogens with zero attached hydrogens (tertiary/aromatic N) is 1. The van der Waals surface area contributed by atoms with Crippen molar-refractivity contribution < 1.29 is 9.18 Å². The Bertz CT molecular complexity index is 365. The van der Waals surface area contributed by atoms with E-state index in [0.717, 1.165) is 0 Å². The summed E-state index contributed by atoms with van der Waals surface area (Å²) in [5, 5.41) is 3.01. The zero-order valence-electron chi connectivity index (χ0n) is 8.75. The van der Waals surface area contributed by atoms with Crippen LogP contribution < -0.4 is 11.1 Å². The SMILES string of the molecule is CC(C)(CC(N)=O)Nc1ccnc(F)c1. The van der Waals surface area contributed by atoms with Crippen LogP contribution >= 0.6 is 0 Å². The van der Waals surface area contributed by atoms with Gasteiger partial charge in [0.05, 0.1) is 0 Å². The van der Waals surface area contributed by atoms with Gasteiger partial charge in [0.15, 0.2) is 0 Å². The molecular formula is C10H14FN3O. The van der Waals surface area contributed by atoms with Gasteiger partial charge in [0.25, 0.3) is 0 Å². The van der Waals surface area contributed by atoms with Gasteiger partial charge in [0.1, 0.15) is 0 Å². The van der Waals surface area contributed by atoms with E-state index in [1.165, 1.54) is 12.3 Å². The molecule has 4 nitrogen and oxygen atoms in total. The fraction of sp³-hybridized carbons (Fsp3) is 0.400. The summed E-state index contributed by atoms with van der Waals surface area (Å²) >= 11 is 0. The molecule has 0 aliphatic heterocycles. The van der Waals surface area contributed by atoms with Crippen LogP contribution in [-0.4, -0.2) is 16.4 Å². The van der Waals surface area contributed by atoms with Crippen LogP contribution in [0.3, 0.4) is 0 Å². The highest BCUT2D eigenvalue weighted by Crippen LogP contribution is 2.17. The van der Waals surface area contributed by atoms with E-state index in [4.69, 9.17) is 5.73 Å². The summed E-state index contributed by atoms with van der Waals surface area (Å²) < 4.78 is 12.8. The van der Waals surface area contributed by atoms with Crippen molar-refractivity contribution in [2.45, 2.75) is 25.8 Å². The topological polar surface area (TPSA) is 68.0 Å². The second-order valence-electron chi connectivity index (χ2n) is 4.02. The molecule has 3 N–H and O–H groups in total. The Morgan fingerprint density at radius 1 is 1.67 bits per heavy atom. The first kappa shape index (κ1) is 11.4. The van der Waals surface area contributed by atoms with Crippen LogP contribution in [0, 0.1) is 5.95 Å². The van der Waals surface area contributed by atoms with Gasteiger partial charge < -0.3 is 11.1 Å². The Morgan fingerprint density at radius 3 is 2.87 bits per heavy atom. The van der Waals surface area contributed by atoms with Crippen LogP contribution in [0.5, 0.6) is 0 Å². The standard InChI is InChI=1S/C10H14FN3O/c1-10(2,6-9(12)15)14-7-3-4-13-8(11)5-7/h3-5H,6H2,1-2H3,(H2,12,15)(H,13,14). The highest BCUT2D eigenvalue weighted by Gasteiger charge is 2.20. The van der Waals surface area contributed by atoms with Crippen molar-refractivity contribution in [3.05, 3.63) is 24.3 Å². The number of hydrogen-bond acceptors (Lipinski definition) is 3. The number of amides is 1. The van der Waals surface area contributed by atoms with Crippen molar-refractivity contribution in [1.29, 1.82) is 0 Å². The third-order valence-electron chi connectivity index (χ3n) is 1.83. The smallest absolute Gasteiger partial charge is 0.219 e. The first-order chi connectivity index (χ1) is 6.89. The van der Waals surface area contributed by atoms with Gasteiger partial charge in [-0.15, -0.1) is 0 Å². The van der Waals surface area contributed by atoms with E-state index < -0.39 is 17.4 Å². The fourth-order valence-electron chi connectivity index (χ4n) is 1.35. The predicted octanol–water partition coefficient (Wildman–Crippen LogP) is 1.29. The first-order valence-electron chi connectivity index (χ1n) is 4.57. The number of primary amides is 1. The van der Waals surface area contributed by atoms with Gasteiger partial charge in [-0.25, -0.2) is 4.98 Å². The lowest BCUT2D eigenvalue weighted by Crippen LogP contribution is -2.36. The van der Waals surface area contributed by atoms with Crippen LogP contribution in [0.2, 0.25) is 0 Å². The van der Waals surface area contributed by atoms with Crippen LogP contribution in [0.1, 0.15) is 20.3 Å². The lowest BCUT2D eigenvalue weighted by atomic mass is 10.00. The molecule has 0 bridgehead atoms. The van der Waals surface area contributed by atoms with Gasteiger partial charge in [-0.05, 0) is 19.9 Å². The maximum Gasteiger partial charge on any atom is 0.219 e. The highest BCUT2D eigenvalue weighted by molar-refractivity contribution is 5.75. The maximum absolute atomic E-state index is 12.8. The molecule has 0 atom stereocenters. The Morgan fingerprint density at radius 2 is 2.33 bits per heavy atom. The number of carbonyl (C=O) groups excluding carboxylic acids is 1. The Hall–Kier alpha value is -1.65.